The van der Waals surface area contributed by atoms with E-state index < -0.39 is 12.0 Å². The van der Waals surface area contributed by atoms with Gasteiger partial charge in [-0.3, -0.25) is 4.79 Å². The Bertz CT molecular complexity index is 460. The van der Waals surface area contributed by atoms with Crippen molar-refractivity contribution in [3.8, 4) is 0 Å². The lowest BCUT2D eigenvalue weighted by Gasteiger charge is -2.19. The number of nitrogens with one attached hydrogen (secondary N) is 1. The molecule has 19 heavy (non-hydrogen) atoms. The van der Waals surface area contributed by atoms with Crippen molar-refractivity contribution < 1.29 is 19.4 Å². The number of hydrogen-bond acceptors (Lipinski definition) is 3. The molecule has 1 aromatic rings. The van der Waals surface area contributed by atoms with Gasteiger partial charge in [0.05, 0.1) is 12.0 Å². The van der Waals surface area contributed by atoms with Crippen molar-refractivity contribution in [1.82, 2.24) is 5.32 Å². The maximum atomic E-state index is 12.1. The van der Waals surface area contributed by atoms with Gasteiger partial charge in [0.25, 0.3) is 0 Å². The van der Waals surface area contributed by atoms with Crippen LogP contribution in [0.5, 0.6) is 0 Å². The standard InChI is InChI=1S/C14H17NO4/c1-9-11(7-8-19-9)13(16)15-12(14(17)18)10-5-3-2-4-6-10/h2-6,9,11-12H,7-8H2,1H3,(H,15,16)(H,17,18). The van der Waals surface area contributed by atoms with E-state index in [9.17, 15) is 14.7 Å². The summed E-state index contributed by atoms with van der Waals surface area (Å²) >= 11 is 0. The van der Waals surface area contributed by atoms with Gasteiger partial charge in [0.2, 0.25) is 5.91 Å². The van der Waals surface area contributed by atoms with Crippen LogP contribution in [0.1, 0.15) is 24.9 Å². The molecule has 0 aromatic heterocycles. The molecule has 3 unspecified atom stereocenters. The molecule has 1 heterocycles. The molecule has 5 nitrogen and oxygen atoms in total. The Balaban J connectivity index is 2.09. The molecule has 3 atom stereocenters. The molecule has 1 amide bonds. The summed E-state index contributed by atoms with van der Waals surface area (Å²) in [7, 11) is 0. The Kier molecular flexibility index (Phi) is 4.16. The molecule has 1 aliphatic heterocycles. The van der Waals surface area contributed by atoms with Crippen molar-refractivity contribution in [2.75, 3.05) is 6.61 Å². The summed E-state index contributed by atoms with van der Waals surface area (Å²) in [4.78, 5) is 23.4. The average molecular weight is 263 g/mol. The Morgan fingerprint density at radius 3 is 2.58 bits per heavy atom. The number of rotatable bonds is 4. The summed E-state index contributed by atoms with van der Waals surface area (Å²) in [5.74, 6) is -1.60. The Morgan fingerprint density at radius 2 is 2.05 bits per heavy atom. The van der Waals surface area contributed by atoms with Crippen LogP contribution < -0.4 is 5.32 Å². The van der Waals surface area contributed by atoms with Gasteiger partial charge in [-0.1, -0.05) is 30.3 Å². The van der Waals surface area contributed by atoms with Gasteiger partial charge in [-0.2, -0.15) is 0 Å². The highest BCUT2D eigenvalue weighted by molar-refractivity contribution is 5.86. The first kappa shape index (κ1) is 13.5. The van der Waals surface area contributed by atoms with Crippen molar-refractivity contribution in [3.05, 3.63) is 35.9 Å². The lowest BCUT2D eigenvalue weighted by Crippen LogP contribution is -2.39. The smallest absolute Gasteiger partial charge is 0.330 e. The van der Waals surface area contributed by atoms with Gasteiger partial charge >= 0.3 is 5.97 Å². The van der Waals surface area contributed by atoms with Crippen LogP contribution in [0.3, 0.4) is 0 Å². The molecule has 1 aliphatic rings. The first-order chi connectivity index (χ1) is 9.09. The van der Waals surface area contributed by atoms with Crippen molar-refractivity contribution in [3.63, 3.8) is 0 Å². The van der Waals surface area contributed by atoms with E-state index in [1.165, 1.54) is 0 Å². The van der Waals surface area contributed by atoms with Crippen molar-refractivity contribution in [1.29, 1.82) is 0 Å². The molecule has 102 valence electrons. The van der Waals surface area contributed by atoms with Crippen LogP contribution in [0.25, 0.3) is 0 Å². The number of carboxylic acids is 1. The maximum Gasteiger partial charge on any atom is 0.330 e. The van der Waals surface area contributed by atoms with Gasteiger partial charge in [0, 0.05) is 6.61 Å². The van der Waals surface area contributed by atoms with Crippen LogP contribution in [0.2, 0.25) is 0 Å². The minimum atomic E-state index is -1.06. The molecule has 1 aromatic carbocycles. The molecule has 5 heteroatoms. The first-order valence-electron chi connectivity index (χ1n) is 6.29. The highest BCUT2D eigenvalue weighted by Crippen LogP contribution is 2.22. The minimum absolute atomic E-state index is 0.162. The van der Waals surface area contributed by atoms with Crippen molar-refractivity contribution in [2.24, 2.45) is 5.92 Å². The summed E-state index contributed by atoms with van der Waals surface area (Å²) < 4.78 is 5.33. The lowest BCUT2D eigenvalue weighted by molar-refractivity contribution is -0.143. The van der Waals surface area contributed by atoms with Crippen LogP contribution in [0.4, 0.5) is 0 Å². The van der Waals surface area contributed by atoms with Gasteiger partial charge in [0.1, 0.15) is 0 Å². The third kappa shape index (κ3) is 3.12. The monoisotopic (exact) mass is 263 g/mol. The second-order valence-electron chi connectivity index (χ2n) is 4.66. The minimum Gasteiger partial charge on any atom is -0.479 e. The van der Waals surface area contributed by atoms with Gasteiger partial charge in [-0.15, -0.1) is 0 Å². The van der Waals surface area contributed by atoms with Crippen LogP contribution in [0, 0.1) is 5.92 Å². The third-order valence-electron chi connectivity index (χ3n) is 3.38. The quantitative estimate of drug-likeness (QED) is 0.860. The zero-order chi connectivity index (χ0) is 13.8. The molecule has 1 saturated heterocycles. The van der Waals surface area contributed by atoms with Crippen LogP contribution in [-0.2, 0) is 14.3 Å². The molecular formula is C14H17NO4. The predicted molar refractivity (Wildman–Crippen MR) is 68.5 cm³/mol. The number of benzene rings is 1. The maximum absolute atomic E-state index is 12.1. The van der Waals surface area contributed by atoms with Gasteiger partial charge in [-0.25, -0.2) is 4.79 Å². The Labute approximate surface area is 111 Å². The normalized spacial score (nSPS) is 23.8. The van der Waals surface area contributed by atoms with E-state index in [0.717, 1.165) is 0 Å². The SMILES string of the molecule is CC1OCCC1C(=O)NC(C(=O)O)c1ccccc1. The fraction of sp³-hybridized carbons (Fsp3) is 0.429. The zero-order valence-corrected chi connectivity index (χ0v) is 10.7. The van der Waals surface area contributed by atoms with E-state index in [-0.39, 0.29) is 17.9 Å². The molecule has 2 N–H and O–H groups in total. The Hall–Kier alpha value is -1.88. The largest absolute Gasteiger partial charge is 0.479 e. The highest BCUT2D eigenvalue weighted by atomic mass is 16.5. The lowest BCUT2D eigenvalue weighted by atomic mass is 10.00. The molecule has 0 aliphatic carbocycles. The molecule has 1 fully saturated rings. The van der Waals surface area contributed by atoms with Crippen LogP contribution >= 0.6 is 0 Å². The summed E-state index contributed by atoms with van der Waals surface area (Å²) in [5.41, 5.74) is 0.565. The second-order valence-corrected chi connectivity index (χ2v) is 4.66. The van der Waals surface area contributed by atoms with E-state index in [1.54, 1.807) is 30.3 Å². The molecule has 2 rings (SSSR count). The second kappa shape index (κ2) is 5.84. The van der Waals surface area contributed by atoms with Gasteiger partial charge in [0.15, 0.2) is 6.04 Å². The van der Waals surface area contributed by atoms with E-state index in [4.69, 9.17) is 4.74 Å². The molecule has 0 bridgehead atoms. The molecular weight excluding hydrogens is 246 g/mol. The fourth-order valence-corrected chi connectivity index (χ4v) is 2.26. The number of amides is 1. The predicted octanol–water partition coefficient (Wildman–Crippen LogP) is 1.35. The number of carbonyl (C=O) groups is 2. The van der Waals surface area contributed by atoms with E-state index >= 15 is 0 Å². The highest BCUT2D eigenvalue weighted by Gasteiger charge is 2.33. The molecule has 0 radical (unpaired) electrons. The third-order valence-corrected chi connectivity index (χ3v) is 3.38. The summed E-state index contributed by atoms with van der Waals surface area (Å²) in [6.45, 7) is 2.37. The van der Waals surface area contributed by atoms with Gasteiger partial charge in [-0.05, 0) is 18.9 Å². The summed E-state index contributed by atoms with van der Waals surface area (Å²) in [5, 5.41) is 11.8. The summed E-state index contributed by atoms with van der Waals surface area (Å²) in [6.07, 6.45) is 0.471. The van der Waals surface area contributed by atoms with Crippen molar-refractivity contribution in [2.45, 2.75) is 25.5 Å². The average Bonchev–Trinajstić information content (AvgIpc) is 2.82. The molecule has 0 spiro atoms. The molecule has 0 saturated carbocycles. The summed E-state index contributed by atoms with van der Waals surface area (Å²) in [6, 6.07) is 7.66. The number of ether oxygens (including phenoxy) is 1. The Morgan fingerprint density at radius 1 is 1.37 bits per heavy atom. The van der Waals surface area contributed by atoms with Crippen LogP contribution in [-0.4, -0.2) is 29.7 Å². The van der Waals surface area contributed by atoms with Crippen LogP contribution in [0.15, 0.2) is 30.3 Å². The number of hydrogen-bond donors (Lipinski definition) is 2. The topological polar surface area (TPSA) is 75.6 Å². The van der Waals surface area contributed by atoms with E-state index in [0.29, 0.717) is 18.6 Å². The first-order valence-corrected chi connectivity index (χ1v) is 6.29. The number of carbonyl (C=O) groups excluding carboxylic acids is 1. The number of aliphatic carboxylic acids is 1. The van der Waals surface area contributed by atoms with E-state index in [1.807, 2.05) is 6.92 Å². The fourth-order valence-electron chi connectivity index (χ4n) is 2.26. The number of carboxylic acid groups (broad SMARTS) is 1. The van der Waals surface area contributed by atoms with Crippen molar-refractivity contribution >= 4 is 11.9 Å². The van der Waals surface area contributed by atoms with Gasteiger partial charge < -0.3 is 15.2 Å². The van der Waals surface area contributed by atoms with E-state index in [2.05, 4.69) is 5.32 Å². The zero-order valence-electron chi connectivity index (χ0n) is 10.7.